The molecule has 3 aliphatic rings. The largest absolute Gasteiger partial charge is 0.375 e. The fourth-order valence-electron chi connectivity index (χ4n) is 3.43. The summed E-state index contributed by atoms with van der Waals surface area (Å²) in [5.74, 6) is 0.716. The summed E-state index contributed by atoms with van der Waals surface area (Å²) in [5, 5.41) is 0. The quantitative estimate of drug-likeness (QED) is 0.844. The van der Waals surface area contributed by atoms with Gasteiger partial charge in [0.15, 0.2) is 0 Å². The van der Waals surface area contributed by atoms with E-state index in [0.29, 0.717) is 25.4 Å². The van der Waals surface area contributed by atoms with Crippen LogP contribution in [0.3, 0.4) is 0 Å². The van der Waals surface area contributed by atoms with Crippen LogP contribution in [0.15, 0.2) is 12.4 Å². The topological polar surface area (TPSA) is 64.6 Å². The first-order chi connectivity index (χ1) is 11.1. The van der Waals surface area contributed by atoms with Gasteiger partial charge < -0.3 is 14.4 Å². The van der Waals surface area contributed by atoms with E-state index in [9.17, 15) is 4.79 Å². The molecule has 0 aromatic carbocycles. The number of carbonyl (C=O) groups is 1. The van der Waals surface area contributed by atoms with Gasteiger partial charge in [-0.15, -0.1) is 0 Å². The molecule has 4 rings (SSSR count). The number of aryl methyl sites for hydroxylation is 1. The molecule has 2 saturated heterocycles. The molecule has 0 unspecified atom stereocenters. The van der Waals surface area contributed by atoms with Gasteiger partial charge in [0.05, 0.1) is 36.7 Å². The molecule has 1 amide bonds. The second-order valence-electron chi connectivity index (χ2n) is 7.12. The van der Waals surface area contributed by atoms with Crippen LogP contribution in [0.25, 0.3) is 0 Å². The zero-order valence-corrected chi connectivity index (χ0v) is 13.5. The van der Waals surface area contributed by atoms with Crippen molar-refractivity contribution in [3.05, 3.63) is 23.8 Å². The van der Waals surface area contributed by atoms with Crippen molar-refractivity contribution in [1.29, 1.82) is 0 Å². The van der Waals surface area contributed by atoms with Crippen molar-refractivity contribution in [3.8, 4) is 0 Å². The fraction of sp³-hybridized carbons (Fsp3) is 0.706. The molecule has 3 heterocycles. The molecule has 0 radical (unpaired) electrons. The van der Waals surface area contributed by atoms with Gasteiger partial charge in [-0.2, -0.15) is 0 Å². The Kier molecular flexibility index (Phi) is 3.81. The van der Waals surface area contributed by atoms with E-state index < -0.39 is 0 Å². The van der Waals surface area contributed by atoms with Gasteiger partial charge in [-0.25, -0.2) is 4.98 Å². The number of hydrogen-bond acceptors (Lipinski definition) is 5. The number of ether oxygens (including phenoxy) is 2. The van der Waals surface area contributed by atoms with Crippen molar-refractivity contribution in [2.24, 2.45) is 5.92 Å². The maximum Gasteiger partial charge on any atom is 0.274 e. The molecule has 23 heavy (non-hydrogen) atoms. The molecule has 0 N–H and O–H groups in total. The molecule has 124 valence electrons. The molecule has 2 atom stereocenters. The molecular formula is C17H23N3O3. The van der Waals surface area contributed by atoms with Crippen molar-refractivity contribution in [2.75, 3.05) is 26.3 Å². The molecule has 2 aliphatic heterocycles. The normalized spacial score (nSPS) is 30.3. The summed E-state index contributed by atoms with van der Waals surface area (Å²) in [6, 6.07) is 0. The first-order valence-corrected chi connectivity index (χ1v) is 8.47. The van der Waals surface area contributed by atoms with E-state index in [0.717, 1.165) is 31.1 Å². The minimum absolute atomic E-state index is 0.0553. The lowest BCUT2D eigenvalue weighted by atomic mass is 9.98. The zero-order valence-electron chi connectivity index (χ0n) is 13.5. The van der Waals surface area contributed by atoms with Crippen LogP contribution in [0.4, 0.5) is 0 Å². The predicted molar refractivity (Wildman–Crippen MR) is 83.1 cm³/mol. The van der Waals surface area contributed by atoms with Crippen molar-refractivity contribution in [2.45, 2.75) is 44.3 Å². The number of carbonyl (C=O) groups excluding carboxylic acids is 1. The monoisotopic (exact) mass is 317 g/mol. The second kappa shape index (κ2) is 5.83. The van der Waals surface area contributed by atoms with Gasteiger partial charge in [-0.1, -0.05) is 0 Å². The van der Waals surface area contributed by atoms with Crippen LogP contribution in [0, 0.1) is 12.8 Å². The van der Waals surface area contributed by atoms with Crippen LogP contribution < -0.4 is 0 Å². The highest BCUT2D eigenvalue weighted by atomic mass is 16.6. The molecule has 1 spiro atoms. The molecule has 1 saturated carbocycles. The molecule has 3 fully saturated rings. The Morgan fingerprint density at radius 1 is 1.43 bits per heavy atom. The number of nitrogens with zero attached hydrogens (tertiary/aromatic N) is 3. The summed E-state index contributed by atoms with van der Waals surface area (Å²) in [6.45, 7) is 4.72. The standard InChI is InChI=1S/C17H23N3O3/c1-12-7-19-15(8-18-12)16(21)20-5-4-17(11-20)6-14(10-23-17)22-9-13-2-3-13/h7-8,13-14H,2-6,9-11H2,1H3/t14-,17+/m1/s1. The summed E-state index contributed by atoms with van der Waals surface area (Å²) in [5.41, 5.74) is 1.00. The van der Waals surface area contributed by atoms with Gasteiger partial charge in [-0.05, 0) is 32.1 Å². The van der Waals surface area contributed by atoms with E-state index in [1.807, 2.05) is 11.8 Å². The minimum atomic E-state index is -0.220. The second-order valence-corrected chi connectivity index (χ2v) is 7.12. The summed E-state index contributed by atoms with van der Waals surface area (Å²) in [7, 11) is 0. The van der Waals surface area contributed by atoms with E-state index in [1.165, 1.54) is 12.8 Å². The van der Waals surface area contributed by atoms with Gasteiger partial charge in [0, 0.05) is 25.8 Å². The first-order valence-electron chi connectivity index (χ1n) is 8.47. The Balaban J connectivity index is 1.35. The molecular weight excluding hydrogens is 294 g/mol. The van der Waals surface area contributed by atoms with Crippen molar-refractivity contribution in [3.63, 3.8) is 0 Å². The third kappa shape index (κ3) is 3.23. The minimum Gasteiger partial charge on any atom is -0.375 e. The highest BCUT2D eigenvalue weighted by Gasteiger charge is 2.47. The van der Waals surface area contributed by atoms with Gasteiger partial charge in [0.25, 0.3) is 5.91 Å². The molecule has 1 aromatic rings. The van der Waals surface area contributed by atoms with Crippen LogP contribution in [-0.2, 0) is 9.47 Å². The van der Waals surface area contributed by atoms with Crippen molar-refractivity contribution in [1.82, 2.24) is 14.9 Å². The maximum absolute atomic E-state index is 12.5. The van der Waals surface area contributed by atoms with Crippen molar-refractivity contribution < 1.29 is 14.3 Å². The summed E-state index contributed by atoms with van der Waals surface area (Å²) >= 11 is 0. The van der Waals surface area contributed by atoms with Crippen LogP contribution in [0.2, 0.25) is 0 Å². The Morgan fingerprint density at radius 3 is 3.04 bits per heavy atom. The summed E-state index contributed by atoms with van der Waals surface area (Å²) in [4.78, 5) is 22.7. The lowest BCUT2D eigenvalue weighted by molar-refractivity contribution is 0.00153. The smallest absolute Gasteiger partial charge is 0.274 e. The van der Waals surface area contributed by atoms with Gasteiger partial charge in [-0.3, -0.25) is 9.78 Å². The average molecular weight is 317 g/mol. The Hall–Kier alpha value is -1.53. The Morgan fingerprint density at radius 2 is 2.30 bits per heavy atom. The van der Waals surface area contributed by atoms with E-state index >= 15 is 0 Å². The highest BCUT2D eigenvalue weighted by molar-refractivity contribution is 5.92. The lowest BCUT2D eigenvalue weighted by Crippen LogP contribution is -2.36. The van der Waals surface area contributed by atoms with Crippen LogP contribution in [-0.4, -0.2) is 58.8 Å². The number of hydrogen-bond donors (Lipinski definition) is 0. The summed E-state index contributed by atoms with van der Waals surface area (Å²) in [6.07, 6.45) is 7.75. The average Bonchev–Trinajstić information content (AvgIpc) is 3.18. The SMILES string of the molecule is Cc1cnc(C(=O)N2CC[C@]3(C[C@@H](OCC4CC4)CO3)C2)cn1. The van der Waals surface area contributed by atoms with Gasteiger partial charge >= 0.3 is 0 Å². The number of likely N-dealkylation sites (tertiary alicyclic amines) is 1. The number of rotatable bonds is 4. The Bertz CT molecular complexity index is 587. The fourth-order valence-corrected chi connectivity index (χ4v) is 3.43. The number of amides is 1. The third-order valence-electron chi connectivity index (χ3n) is 5.04. The third-order valence-corrected chi connectivity index (χ3v) is 5.04. The molecule has 1 aromatic heterocycles. The van der Waals surface area contributed by atoms with E-state index in [4.69, 9.17) is 9.47 Å². The van der Waals surface area contributed by atoms with Crippen LogP contribution in [0.1, 0.15) is 41.9 Å². The Labute approximate surface area is 136 Å². The summed E-state index contributed by atoms with van der Waals surface area (Å²) < 4.78 is 12.0. The zero-order chi connectivity index (χ0) is 15.9. The van der Waals surface area contributed by atoms with E-state index in [-0.39, 0.29) is 17.6 Å². The number of aromatic nitrogens is 2. The van der Waals surface area contributed by atoms with Crippen molar-refractivity contribution >= 4 is 5.91 Å². The molecule has 1 aliphatic carbocycles. The van der Waals surface area contributed by atoms with Gasteiger partial charge in [0.2, 0.25) is 0 Å². The highest BCUT2D eigenvalue weighted by Crippen LogP contribution is 2.37. The van der Waals surface area contributed by atoms with E-state index in [1.54, 1.807) is 12.4 Å². The molecule has 6 heteroatoms. The lowest BCUT2D eigenvalue weighted by Gasteiger charge is -2.23. The first kappa shape index (κ1) is 15.0. The van der Waals surface area contributed by atoms with E-state index in [2.05, 4.69) is 9.97 Å². The molecule has 0 bridgehead atoms. The van der Waals surface area contributed by atoms with Crippen LogP contribution >= 0.6 is 0 Å². The maximum atomic E-state index is 12.5. The van der Waals surface area contributed by atoms with Gasteiger partial charge in [0.1, 0.15) is 5.69 Å². The molecule has 6 nitrogen and oxygen atoms in total. The van der Waals surface area contributed by atoms with Crippen LogP contribution in [0.5, 0.6) is 0 Å². The predicted octanol–water partition coefficient (Wildman–Crippen LogP) is 1.59.